The van der Waals surface area contributed by atoms with Gasteiger partial charge >= 0.3 is 0 Å². The number of rotatable bonds is 4. The molecule has 0 amide bonds. The molecule has 1 saturated carbocycles. The topological polar surface area (TPSA) is 17.1 Å². The fourth-order valence-electron chi connectivity index (χ4n) is 2.53. The third-order valence-electron chi connectivity index (χ3n) is 3.69. The zero-order valence-electron chi connectivity index (χ0n) is 10.1. The Kier molecular flexibility index (Phi) is 3.42. The van der Waals surface area contributed by atoms with E-state index >= 15 is 0 Å². The first kappa shape index (κ1) is 11.4. The van der Waals surface area contributed by atoms with Gasteiger partial charge < -0.3 is 0 Å². The predicted molar refractivity (Wildman–Crippen MR) is 66.2 cm³/mol. The van der Waals surface area contributed by atoms with Gasteiger partial charge in [0.15, 0.2) is 0 Å². The van der Waals surface area contributed by atoms with Crippen LogP contribution in [0.15, 0.2) is 30.3 Å². The summed E-state index contributed by atoms with van der Waals surface area (Å²) in [6, 6.07) is 10.5. The summed E-state index contributed by atoms with van der Waals surface area (Å²) in [6.45, 7) is 4.03. The summed E-state index contributed by atoms with van der Waals surface area (Å²) in [5.74, 6) is 1.59. The molecule has 0 spiro atoms. The first-order chi connectivity index (χ1) is 7.68. The molecule has 0 aliphatic heterocycles. The number of ketones is 1. The maximum Gasteiger partial charge on any atom is 0.138 e. The molecular weight excluding hydrogens is 196 g/mol. The summed E-state index contributed by atoms with van der Waals surface area (Å²) >= 11 is 0. The van der Waals surface area contributed by atoms with Crippen LogP contribution in [0.3, 0.4) is 0 Å². The van der Waals surface area contributed by atoms with Crippen LogP contribution in [0.1, 0.15) is 32.3 Å². The highest BCUT2D eigenvalue weighted by Crippen LogP contribution is 2.38. The molecule has 0 bridgehead atoms. The van der Waals surface area contributed by atoms with Crippen molar-refractivity contribution in [1.82, 2.24) is 0 Å². The van der Waals surface area contributed by atoms with Gasteiger partial charge in [-0.3, -0.25) is 4.79 Å². The van der Waals surface area contributed by atoms with Crippen LogP contribution in [0.5, 0.6) is 0 Å². The van der Waals surface area contributed by atoms with Crippen LogP contribution in [-0.2, 0) is 11.2 Å². The molecule has 1 aliphatic carbocycles. The first-order valence-corrected chi connectivity index (χ1v) is 6.26. The molecule has 0 radical (unpaired) electrons. The molecule has 1 aromatic carbocycles. The second-order valence-corrected chi connectivity index (χ2v) is 5.19. The molecule has 2 rings (SSSR count). The monoisotopic (exact) mass is 216 g/mol. The number of Topliss-reactive ketones (excluding diaryl/α,β-unsaturated/α-hetero) is 1. The number of carbonyl (C=O) groups excluding carboxylic acids is 1. The standard InChI is InChI=1S/C15H20O/c1-11(2)15(16)14-9-8-13(14)10-12-6-4-3-5-7-12/h3-7,11,13-14H,8-10H2,1-2H3. The minimum atomic E-state index is 0.198. The van der Waals surface area contributed by atoms with Gasteiger partial charge in [0.2, 0.25) is 0 Å². The summed E-state index contributed by atoms with van der Waals surface area (Å²) in [6.07, 6.45) is 3.40. The average Bonchev–Trinajstić information content (AvgIpc) is 2.26. The minimum Gasteiger partial charge on any atom is -0.299 e. The number of hydrogen-bond donors (Lipinski definition) is 0. The van der Waals surface area contributed by atoms with Crippen molar-refractivity contribution in [1.29, 1.82) is 0 Å². The molecule has 1 aliphatic rings. The van der Waals surface area contributed by atoms with Gasteiger partial charge in [0.05, 0.1) is 0 Å². The van der Waals surface area contributed by atoms with Crippen molar-refractivity contribution >= 4 is 5.78 Å². The van der Waals surface area contributed by atoms with Gasteiger partial charge in [-0.2, -0.15) is 0 Å². The number of carbonyl (C=O) groups is 1. The molecule has 1 fully saturated rings. The van der Waals surface area contributed by atoms with Gasteiger partial charge in [-0.25, -0.2) is 0 Å². The van der Waals surface area contributed by atoms with Crippen LogP contribution in [0, 0.1) is 17.8 Å². The zero-order chi connectivity index (χ0) is 11.5. The maximum absolute atomic E-state index is 11.9. The Morgan fingerprint density at radius 1 is 1.25 bits per heavy atom. The van der Waals surface area contributed by atoms with Crippen LogP contribution >= 0.6 is 0 Å². The first-order valence-electron chi connectivity index (χ1n) is 6.26. The Bertz CT molecular complexity index is 353. The third kappa shape index (κ3) is 2.34. The molecule has 1 heteroatoms. The maximum atomic E-state index is 11.9. The normalized spacial score (nSPS) is 24.2. The van der Waals surface area contributed by atoms with Gasteiger partial charge in [0.25, 0.3) is 0 Å². The molecule has 0 N–H and O–H groups in total. The van der Waals surface area contributed by atoms with Crippen LogP contribution < -0.4 is 0 Å². The SMILES string of the molecule is CC(C)C(=O)C1CCC1Cc1ccccc1. The lowest BCUT2D eigenvalue weighted by Crippen LogP contribution is -2.36. The van der Waals surface area contributed by atoms with Crippen LogP contribution in [0.4, 0.5) is 0 Å². The van der Waals surface area contributed by atoms with E-state index in [1.165, 1.54) is 12.0 Å². The summed E-state index contributed by atoms with van der Waals surface area (Å²) in [4.78, 5) is 11.9. The van der Waals surface area contributed by atoms with E-state index in [1.807, 2.05) is 19.9 Å². The van der Waals surface area contributed by atoms with Gasteiger partial charge in [-0.1, -0.05) is 44.2 Å². The largest absolute Gasteiger partial charge is 0.299 e. The highest BCUT2D eigenvalue weighted by molar-refractivity contribution is 5.83. The van der Waals surface area contributed by atoms with E-state index in [2.05, 4.69) is 24.3 Å². The van der Waals surface area contributed by atoms with Gasteiger partial charge in [0, 0.05) is 11.8 Å². The lowest BCUT2D eigenvalue weighted by Gasteiger charge is -2.36. The van der Waals surface area contributed by atoms with E-state index in [-0.39, 0.29) is 5.92 Å². The van der Waals surface area contributed by atoms with Crippen molar-refractivity contribution in [3.05, 3.63) is 35.9 Å². The zero-order valence-corrected chi connectivity index (χ0v) is 10.1. The van der Waals surface area contributed by atoms with Gasteiger partial charge in [-0.15, -0.1) is 0 Å². The van der Waals surface area contributed by atoms with Crippen molar-refractivity contribution in [2.24, 2.45) is 17.8 Å². The fourth-order valence-corrected chi connectivity index (χ4v) is 2.53. The van der Waals surface area contributed by atoms with Crippen molar-refractivity contribution in [2.45, 2.75) is 33.1 Å². The Hall–Kier alpha value is -1.11. The van der Waals surface area contributed by atoms with E-state index in [4.69, 9.17) is 0 Å². The Morgan fingerprint density at radius 3 is 2.44 bits per heavy atom. The van der Waals surface area contributed by atoms with Gasteiger partial charge in [-0.05, 0) is 30.7 Å². The molecule has 1 aromatic rings. The Balaban J connectivity index is 1.95. The predicted octanol–water partition coefficient (Wildman–Crippen LogP) is 3.48. The summed E-state index contributed by atoms with van der Waals surface area (Å²) in [5.41, 5.74) is 1.37. The lowest BCUT2D eigenvalue weighted by molar-refractivity contribution is -0.131. The highest BCUT2D eigenvalue weighted by atomic mass is 16.1. The third-order valence-corrected chi connectivity index (χ3v) is 3.69. The van der Waals surface area contributed by atoms with Crippen LogP contribution in [0.2, 0.25) is 0 Å². The molecule has 0 heterocycles. The second kappa shape index (κ2) is 4.82. The van der Waals surface area contributed by atoms with E-state index in [0.717, 1.165) is 12.8 Å². The number of hydrogen-bond acceptors (Lipinski definition) is 1. The highest BCUT2D eigenvalue weighted by Gasteiger charge is 2.36. The van der Waals surface area contributed by atoms with E-state index in [9.17, 15) is 4.79 Å². The molecule has 86 valence electrons. The van der Waals surface area contributed by atoms with Crippen molar-refractivity contribution < 1.29 is 4.79 Å². The Labute approximate surface area is 97.9 Å². The van der Waals surface area contributed by atoms with Crippen molar-refractivity contribution in [3.63, 3.8) is 0 Å². The van der Waals surface area contributed by atoms with E-state index in [1.54, 1.807) is 0 Å². The molecule has 1 nitrogen and oxygen atoms in total. The van der Waals surface area contributed by atoms with Crippen molar-refractivity contribution in [3.8, 4) is 0 Å². The smallest absolute Gasteiger partial charge is 0.138 e. The summed E-state index contributed by atoms with van der Waals surface area (Å²) in [5, 5.41) is 0. The van der Waals surface area contributed by atoms with Gasteiger partial charge in [0.1, 0.15) is 5.78 Å². The van der Waals surface area contributed by atoms with Crippen LogP contribution in [0.25, 0.3) is 0 Å². The molecular formula is C15H20O. The van der Waals surface area contributed by atoms with Crippen molar-refractivity contribution in [2.75, 3.05) is 0 Å². The second-order valence-electron chi connectivity index (χ2n) is 5.19. The Morgan fingerprint density at radius 2 is 1.94 bits per heavy atom. The lowest BCUT2D eigenvalue weighted by atomic mass is 9.67. The minimum absolute atomic E-state index is 0.198. The molecule has 2 unspecified atom stereocenters. The molecule has 16 heavy (non-hydrogen) atoms. The van der Waals surface area contributed by atoms with E-state index < -0.39 is 0 Å². The summed E-state index contributed by atoms with van der Waals surface area (Å²) in [7, 11) is 0. The average molecular weight is 216 g/mol. The fraction of sp³-hybridized carbons (Fsp3) is 0.533. The molecule has 0 saturated heterocycles. The van der Waals surface area contributed by atoms with E-state index in [0.29, 0.717) is 17.6 Å². The molecule has 2 atom stereocenters. The molecule has 0 aromatic heterocycles. The quantitative estimate of drug-likeness (QED) is 0.753. The number of benzene rings is 1. The summed E-state index contributed by atoms with van der Waals surface area (Å²) < 4.78 is 0. The van der Waals surface area contributed by atoms with Crippen LogP contribution in [-0.4, -0.2) is 5.78 Å².